The van der Waals surface area contributed by atoms with E-state index in [9.17, 15) is 4.79 Å². The third kappa shape index (κ3) is 3.49. The highest BCUT2D eigenvalue weighted by atomic mass is 16.6. The van der Waals surface area contributed by atoms with Crippen LogP contribution in [0, 0.1) is 6.92 Å². The van der Waals surface area contributed by atoms with Gasteiger partial charge in [-0.2, -0.15) is 4.98 Å². The number of aryl methyl sites for hydroxylation is 1. The molecule has 1 N–H and O–H groups in total. The molecule has 8 heteroatoms. The molecule has 8 nitrogen and oxygen atoms in total. The summed E-state index contributed by atoms with van der Waals surface area (Å²) in [6, 6.07) is 7.65. The minimum atomic E-state index is 0.556. The van der Waals surface area contributed by atoms with Crippen LogP contribution in [-0.2, 0) is 4.79 Å². The average molecular weight is 355 g/mol. The van der Waals surface area contributed by atoms with Gasteiger partial charge < -0.3 is 24.6 Å². The summed E-state index contributed by atoms with van der Waals surface area (Å²) in [5.41, 5.74) is 1.76. The lowest BCUT2D eigenvalue weighted by atomic mass is 10.2. The lowest BCUT2D eigenvalue weighted by Crippen LogP contribution is -2.46. The molecular formula is C18H21N5O3. The number of aromatic nitrogens is 2. The van der Waals surface area contributed by atoms with Gasteiger partial charge in [-0.15, -0.1) is 0 Å². The Bertz CT molecular complexity index is 805. The summed E-state index contributed by atoms with van der Waals surface area (Å²) in [5.74, 6) is 2.89. The molecule has 2 aliphatic heterocycles. The molecule has 0 saturated carbocycles. The quantitative estimate of drug-likeness (QED) is 0.834. The van der Waals surface area contributed by atoms with Gasteiger partial charge in [-0.25, -0.2) is 4.98 Å². The number of ether oxygens (including phenoxy) is 2. The van der Waals surface area contributed by atoms with Crippen LogP contribution >= 0.6 is 0 Å². The minimum Gasteiger partial charge on any atom is -0.486 e. The van der Waals surface area contributed by atoms with Gasteiger partial charge in [-0.1, -0.05) is 0 Å². The van der Waals surface area contributed by atoms with Crippen molar-refractivity contribution in [3.63, 3.8) is 0 Å². The Kier molecular flexibility index (Phi) is 4.47. The van der Waals surface area contributed by atoms with Crippen LogP contribution in [-0.4, -0.2) is 60.7 Å². The number of benzene rings is 1. The molecular weight excluding hydrogens is 334 g/mol. The molecule has 1 amide bonds. The van der Waals surface area contributed by atoms with Crippen molar-refractivity contribution in [2.45, 2.75) is 6.92 Å². The van der Waals surface area contributed by atoms with E-state index in [1.54, 1.807) is 4.90 Å². The van der Waals surface area contributed by atoms with E-state index in [4.69, 9.17) is 9.47 Å². The van der Waals surface area contributed by atoms with Crippen LogP contribution in [0.25, 0.3) is 0 Å². The molecule has 0 radical (unpaired) electrons. The van der Waals surface area contributed by atoms with E-state index in [-0.39, 0.29) is 0 Å². The lowest BCUT2D eigenvalue weighted by Gasteiger charge is -2.32. The normalized spacial score (nSPS) is 16.3. The highest BCUT2D eigenvalue weighted by Gasteiger charge is 2.19. The number of nitrogens with one attached hydrogen (secondary N) is 1. The SMILES string of the molecule is Cc1cc(Nc2ccc3c(c2)OCCO3)nc(N2CCN(C=O)CC2)n1. The predicted molar refractivity (Wildman–Crippen MR) is 97.3 cm³/mol. The second-order valence-corrected chi connectivity index (χ2v) is 6.31. The van der Waals surface area contributed by atoms with Crippen molar-refractivity contribution < 1.29 is 14.3 Å². The highest BCUT2D eigenvalue weighted by molar-refractivity contribution is 5.62. The molecule has 1 aromatic heterocycles. The van der Waals surface area contributed by atoms with Crippen molar-refractivity contribution in [3.05, 3.63) is 30.0 Å². The van der Waals surface area contributed by atoms with Crippen LogP contribution in [0.5, 0.6) is 11.5 Å². The summed E-state index contributed by atoms with van der Waals surface area (Å²) in [7, 11) is 0. The maximum atomic E-state index is 10.9. The van der Waals surface area contributed by atoms with Gasteiger partial charge >= 0.3 is 0 Å². The van der Waals surface area contributed by atoms with Crippen molar-refractivity contribution in [1.82, 2.24) is 14.9 Å². The maximum Gasteiger partial charge on any atom is 0.227 e. The predicted octanol–water partition coefficient (Wildman–Crippen LogP) is 1.58. The summed E-state index contributed by atoms with van der Waals surface area (Å²) in [4.78, 5) is 23.9. The molecule has 1 aromatic carbocycles. The Balaban J connectivity index is 1.52. The summed E-state index contributed by atoms with van der Waals surface area (Å²) in [5, 5.41) is 3.31. The van der Waals surface area contributed by atoms with Crippen LogP contribution in [0.4, 0.5) is 17.5 Å². The van der Waals surface area contributed by atoms with Crippen LogP contribution in [0.2, 0.25) is 0 Å². The zero-order valence-corrected chi connectivity index (χ0v) is 14.6. The second kappa shape index (κ2) is 7.07. The molecule has 2 aliphatic rings. The molecule has 0 atom stereocenters. The van der Waals surface area contributed by atoms with Gasteiger partial charge in [0.25, 0.3) is 0 Å². The van der Waals surface area contributed by atoms with E-state index in [0.717, 1.165) is 48.2 Å². The summed E-state index contributed by atoms with van der Waals surface area (Å²) >= 11 is 0. The fourth-order valence-corrected chi connectivity index (χ4v) is 3.05. The fraction of sp³-hybridized carbons (Fsp3) is 0.389. The molecule has 1 fully saturated rings. The second-order valence-electron chi connectivity index (χ2n) is 6.31. The van der Waals surface area contributed by atoms with E-state index >= 15 is 0 Å². The van der Waals surface area contributed by atoms with Gasteiger partial charge in [0.15, 0.2) is 11.5 Å². The number of carbonyl (C=O) groups excluding carboxylic acids is 1. The van der Waals surface area contributed by atoms with E-state index in [0.29, 0.717) is 32.3 Å². The number of amides is 1. The smallest absolute Gasteiger partial charge is 0.227 e. The molecule has 2 aromatic rings. The number of carbonyl (C=O) groups is 1. The zero-order valence-electron chi connectivity index (χ0n) is 14.6. The molecule has 0 aliphatic carbocycles. The monoisotopic (exact) mass is 355 g/mol. The van der Waals surface area contributed by atoms with Crippen LogP contribution in [0.1, 0.15) is 5.69 Å². The topological polar surface area (TPSA) is 79.8 Å². The number of nitrogens with zero attached hydrogens (tertiary/aromatic N) is 4. The Morgan fingerprint density at radius 1 is 1.04 bits per heavy atom. The van der Waals surface area contributed by atoms with Crippen molar-refractivity contribution >= 4 is 23.9 Å². The van der Waals surface area contributed by atoms with E-state index < -0.39 is 0 Å². The number of rotatable bonds is 4. The van der Waals surface area contributed by atoms with Gasteiger partial charge in [-0.3, -0.25) is 4.79 Å². The molecule has 26 heavy (non-hydrogen) atoms. The van der Waals surface area contributed by atoms with Crippen LogP contribution < -0.4 is 19.7 Å². The number of piperazine rings is 1. The van der Waals surface area contributed by atoms with Gasteiger partial charge in [0.2, 0.25) is 12.4 Å². The molecule has 0 spiro atoms. The Hall–Kier alpha value is -3.03. The summed E-state index contributed by atoms with van der Waals surface area (Å²) in [6.45, 7) is 5.90. The minimum absolute atomic E-state index is 0.556. The van der Waals surface area contributed by atoms with Gasteiger partial charge in [-0.05, 0) is 19.1 Å². The summed E-state index contributed by atoms with van der Waals surface area (Å²) < 4.78 is 11.2. The first-order chi connectivity index (χ1) is 12.7. The van der Waals surface area contributed by atoms with Crippen molar-refractivity contribution in [2.75, 3.05) is 49.6 Å². The molecule has 1 saturated heterocycles. The molecule has 136 valence electrons. The fourth-order valence-electron chi connectivity index (χ4n) is 3.05. The van der Waals surface area contributed by atoms with Gasteiger partial charge in [0.1, 0.15) is 19.0 Å². The Morgan fingerprint density at radius 2 is 1.81 bits per heavy atom. The number of fused-ring (bicyclic) bond motifs is 1. The lowest BCUT2D eigenvalue weighted by molar-refractivity contribution is -0.118. The third-order valence-corrected chi connectivity index (χ3v) is 4.40. The maximum absolute atomic E-state index is 10.9. The Labute approximate surface area is 151 Å². The average Bonchev–Trinajstić information content (AvgIpc) is 2.67. The molecule has 0 bridgehead atoms. The van der Waals surface area contributed by atoms with Gasteiger partial charge in [0, 0.05) is 49.7 Å². The van der Waals surface area contributed by atoms with E-state index in [2.05, 4.69) is 20.2 Å². The van der Waals surface area contributed by atoms with Crippen molar-refractivity contribution in [3.8, 4) is 11.5 Å². The number of hydrogen-bond donors (Lipinski definition) is 1. The van der Waals surface area contributed by atoms with Crippen molar-refractivity contribution in [1.29, 1.82) is 0 Å². The zero-order chi connectivity index (χ0) is 17.9. The first kappa shape index (κ1) is 16.4. The van der Waals surface area contributed by atoms with E-state index in [1.165, 1.54) is 0 Å². The van der Waals surface area contributed by atoms with Crippen LogP contribution in [0.3, 0.4) is 0 Å². The van der Waals surface area contributed by atoms with Crippen LogP contribution in [0.15, 0.2) is 24.3 Å². The van der Waals surface area contributed by atoms with Gasteiger partial charge in [0.05, 0.1) is 0 Å². The first-order valence-electron chi connectivity index (χ1n) is 8.68. The molecule has 3 heterocycles. The first-order valence-corrected chi connectivity index (χ1v) is 8.68. The largest absolute Gasteiger partial charge is 0.486 e. The summed E-state index contributed by atoms with van der Waals surface area (Å²) in [6.07, 6.45) is 0.892. The standard InChI is InChI=1S/C18H21N5O3/c1-13-10-17(20-14-2-3-15-16(11-14)26-9-8-25-15)21-18(19-13)23-6-4-22(12-24)5-7-23/h2-3,10-12H,4-9H2,1H3,(H,19,20,21). The van der Waals surface area contributed by atoms with Crippen molar-refractivity contribution in [2.24, 2.45) is 0 Å². The highest BCUT2D eigenvalue weighted by Crippen LogP contribution is 2.33. The van der Waals surface area contributed by atoms with E-state index in [1.807, 2.05) is 31.2 Å². The Morgan fingerprint density at radius 3 is 2.58 bits per heavy atom. The molecule has 0 unspecified atom stereocenters. The molecule has 4 rings (SSSR count). The third-order valence-electron chi connectivity index (χ3n) is 4.40. The number of hydrogen-bond acceptors (Lipinski definition) is 7. The number of anilines is 3.